The average Bonchev–Trinajstić information content (AvgIpc) is 2.39. The van der Waals surface area contributed by atoms with Crippen molar-refractivity contribution in [1.29, 1.82) is 0 Å². The molecular formula is C14H12N2O3. The number of nitrogens with two attached hydrogens (primary N) is 1. The molecule has 19 heavy (non-hydrogen) atoms. The molecule has 5 nitrogen and oxygen atoms in total. The molecule has 1 amide bonds. The molecule has 0 radical (unpaired) electrons. The van der Waals surface area contributed by atoms with Crippen molar-refractivity contribution in [2.45, 2.75) is 6.42 Å². The summed E-state index contributed by atoms with van der Waals surface area (Å²) < 4.78 is 0. The van der Waals surface area contributed by atoms with E-state index in [1.165, 1.54) is 12.1 Å². The first-order valence-electron chi connectivity index (χ1n) is 5.69. The van der Waals surface area contributed by atoms with E-state index in [-0.39, 0.29) is 12.1 Å². The number of hydrogen-bond acceptors (Lipinski definition) is 3. The minimum atomic E-state index is -0.467. The first-order chi connectivity index (χ1) is 9.08. The van der Waals surface area contributed by atoms with E-state index in [1.807, 2.05) is 30.3 Å². The lowest BCUT2D eigenvalue weighted by atomic mass is 9.97. The van der Waals surface area contributed by atoms with Crippen molar-refractivity contribution in [2.75, 3.05) is 0 Å². The fraction of sp³-hybridized carbons (Fsp3) is 0.0714. The molecule has 0 saturated heterocycles. The molecule has 96 valence electrons. The molecule has 5 heteroatoms. The maximum absolute atomic E-state index is 11.1. The van der Waals surface area contributed by atoms with Crippen LogP contribution in [0.3, 0.4) is 0 Å². The zero-order valence-electron chi connectivity index (χ0n) is 10.1. The van der Waals surface area contributed by atoms with E-state index in [4.69, 9.17) is 5.73 Å². The van der Waals surface area contributed by atoms with Crippen molar-refractivity contribution in [3.63, 3.8) is 0 Å². The Labute approximate surface area is 109 Å². The Kier molecular flexibility index (Phi) is 3.56. The molecule has 0 heterocycles. The van der Waals surface area contributed by atoms with Crippen LogP contribution in [0.4, 0.5) is 5.69 Å². The zero-order valence-corrected chi connectivity index (χ0v) is 10.1. The first kappa shape index (κ1) is 12.8. The molecule has 0 fully saturated rings. The molecule has 0 unspecified atom stereocenters. The third-order valence-electron chi connectivity index (χ3n) is 2.75. The van der Waals surface area contributed by atoms with Gasteiger partial charge >= 0.3 is 0 Å². The Balaban J connectivity index is 2.56. The van der Waals surface area contributed by atoms with E-state index in [9.17, 15) is 14.9 Å². The Morgan fingerprint density at radius 1 is 1.16 bits per heavy atom. The van der Waals surface area contributed by atoms with Crippen molar-refractivity contribution in [3.05, 3.63) is 64.2 Å². The Bertz CT molecular complexity index is 624. The van der Waals surface area contributed by atoms with Crippen LogP contribution in [0.25, 0.3) is 11.1 Å². The molecule has 2 rings (SSSR count). The molecule has 0 bridgehead atoms. The van der Waals surface area contributed by atoms with E-state index in [1.54, 1.807) is 6.07 Å². The van der Waals surface area contributed by atoms with Gasteiger partial charge in [0.1, 0.15) is 0 Å². The predicted octanol–water partition coefficient (Wildman–Crippen LogP) is 2.29. The van der Waals surface area contributed by atoms with Gasteiger partial charge in [-0.2, -0.15) is 0 Å². The fourth-order valence-corrected chi connectivity index (χ4v) is 1.91. The molecule has 2 N–H and O–H groups in total. The van der Waals surface area contributed by atoms with Crippen LogP contribution in [0.15, 0.2) is 48.5 Å². The number of primary amides is 1. The number of carbonyl (C=O) groups is 1. The summed E-state index contributed by atoms with van der Waals surface area (Å²) in [6.07, 6.45) is 0.0578. The normalized spacial score (nSPS) is 10.1. The number of nitro benzene ring substituents is 1. The van der Waals surface area contributed by atoms with Crippen LogP contribution in [0.2, 0.25) is 0 Å². The van der Waals surface area contributed by atoms with Crippen molar-refractivity contribution in [1.82, 2.24) is 0 Å². The lowest BCUT2D eigenvalue weighted by Gasteiger charge is -2.08. The zero-order chi connectivity index (χ0) is 13.8. The Morgan fingerprint density at radius 2 is 1.84 bits per heavy atom. The topological polar surface area (TPSA) is 86.2 Å². The van der Waals surface area contributed by atoms with Crippen molar-refractivity contribution >= 4 is 11.6 Å². The minimum absolute atomic E-state index is 0.00734. The molecule has 2 aromatic rings. The second-order valence-corrected chi connectivity index (χ2v) is 4.11. The summed E-state index contributed by atoms with van der Waals surface area (Å²) in [5.74, 6) is -0.467. The van der Waals surface area contributed by atoms with Crippen LogP contribution in [-0.4, -0.2) is 10.8 Å². The molecule has 0 atom stereocenters. The molecular weight excluding hydrogens is 244 g/mol. The summed E-state index contributed by atoms with van der Waals surface area (Å²) in [5, 5.41) is 10.8. The lowest BCUT2D eigenvalue weighted by molar-refractivity contribution is -0.384. The van der Waals surface area contributed by atoms with Gasteiger partial charge in [0, 0.05) is 12.1 Å². The van der Waals surface area contributed by atoms with E-state index < -0.39 is 10.8 Å². The van der Waals surface area contributed by atoms with E-state index >= 15 is 0 Å². The SMILES string of the molecule is NC(=O)Cc1ccc([N+](=O)[O-])cc1-c1ccccc1. The van der Waals surface area contributed by atoms with Gasteiger partial charge < -0.3 is 5.73 Å². The number of nitrogens with zero attached hydrogens (tertiary/aromatic N) is 1. The number of amides is 1. The third-order valence-corrected chi connectivity index (χ3v) is 2.75. The van der Waals surface area contributed by atoms with Crippen LogP contribution < -0.4 is 5.73 Å². The van der Waals surface area contributed by atoms with Crippen LogP contribution in [0.5, 0.6) is 0 Å². The van der Waals surface area contributed by atoms with Gasteiger partial charge in [-0.05, 0) is 16.7 Å². The van der Waals surface area contributed by atoms with Crippen LogP contribution >= 0.6 is 0 Å². The van der Waals surface area contributed by atoms with Gasteiger partial charge in [0.15, 0.2) is 0 Å². The summed E-state index contributed by atoms with van der Waals surface area (Å²) in [5.41, 5.74) is 7.36. The molecule has 0 spiro atoms. The van der Waals surface area contributed by atoms with Crippen LogP contribution in [-0.2, 0) is 11.2 Å². The van der Waals surface area contributed by atoms with Gasteiger partial charge in [0.25, 0.3) is 5.69 Å². The van der Waals surface area contributed by atoms with Crippen LogP contribution in [0.1, 0.15) is 5.56 Å². The quantitative estimate of drug-likeness (QED) is 0.672. The number of benzene rings is 2. The van der Waals surface area contributed by atoms with Crippen LogP contribution in [0, 0.1) is 10.1 Å². The standard InChI is InChI=1S/C14H12N2O3/c15-14(17)8-11-6-7-12(16(18)19)9-13(11)10-4-2-1-3-5-10/h1-7,9H,8H2,(H2,15,17). The van der Waals surface area contributed by atoms with Gasteiger partial charge in [-0.25, -0.2) is 0 Å². The first-order valence-corrected chi connectivity index (χ1v) is 5.69. The summed E-state index contributed by atoms with van der Waals surface area (Å²) >= 11 is 0. The highest BCUT2D eigenvalue weighted by atomic mass is 16.6. The van der Waals surface area contributed by atoms with Gasteiger partial charge in [-0.1, -0.05) is 36.4 Å². The maximum Gasteiger partial charge on any atom is 0.270 e. The van der Waals surface area contributed by atoms with Gasteiger partial charge in [0.05, 0.1) is 11.3 Å². The second-order valence-electron chi connectivity index (χ2n) is 4.11. The van der Waals surface area contributed by atoms with Crippen molar-refractivity contribution in [2.24, 2.45) is 5.73 Å². The summed E-state index contributed by atoms with van der Waals surface area (Å²) in [6, 6.07) is 13.6. The monoisotopic (exact) mass is 256 g/mol. The molecule has 2 aromatic carbocycles. The fourth-order valence-electron chi connectivity index (χ4n) is 1.91. The molecule has 0 aliphatic heterocycles. The Hall–Kier alpha value is -2.69. The number of hydrogen-bond donors (Lipinski definition) is 1. The largest absolute Gasteiger partial charge is 0.369 e. The second kappa shape index (κ2) is 5.30. The van der Waals surface area contributed by atoms with Gasteiger partial charge in [0.2, 0.25) is 5.91 Å². The van der Waals surface area contributed by atoms with Gasteiger partial charge in [-0.15, -0.1) is 0 Å². The smallest absolute Gasteiger partial charge is 0.270 e. The van der Waals surface area contributed by atoms with E-state index in [0.29, 0.717) is 11.1 Å². The molecule has 0 aromatic heterocycles. The van der Waals surface area contributed by atoms with E-state index in [0.717, 1.165) is 5.56 Å². The highest BCUT2D eigenvalue weighted by Crippen LogP contribution is 2.28. The highest BCUT2D eigenvalue weighted by Gasteiger charge is 2.13. The number of non-ortho nitro benzene ring substituents is 1. The lowest BCUT2D eigenvalue weighted by Crippen LogP contribution is -2.14. The minimum Gasteiger partial charge on any atom is -0.369 e. The maximum atomic E-state index is 11.1. The molecule has 0 saturated carbocycles. The third kappa shape index (κ3) is 2.95. The molecule has 0 aliphatic rings. The average molecular weight is 256 g/mol. The summed E-state index contributed by atoms with van der Waals surface area (Å²) in [6.45, 7) is 0. The van der Waals surface area contributed by atoms with Gasteiger partial charge in [-0.3, -0.25) is 14.9 Å². The molecule has 0 aliphatic carbocycles. The summed E-state index contributed by atoms with van der Waals surface area (Å²) in [4.78, 5) is 21.4. The predicted molar refractivity (Wildman–Crippen MR) is 71.4 cm³/mol. The Morgan fingerprint density at radius 3 is 2.42 bits per heavy atom. The highest BCUT2D eigenvalue weighted by molar-refractivity contribution is 5.81. The number of nitro groups is 1. The number of carbonyl (C=O) groups excluding carboxylic acids is 1. The summed E-state index contributed by atoms with van der Waals surface area (Å²) in [7, 11) is 0. The van der Waals surface area contributed by atoms with Crippen molar-refractivity contribution < 1.29 is 9.72 Å². The van der Waals surface area contributed by atoms with Crippen molar-refractivity contribution in [3.8, 4) is 11.1 Å². The van der Waals surface area contributed by atoms with E-state index in [2.05, 4.69) is 0 Å². The number of rotatable bonds is 4.